The largest absolute Gasteiger partial charge is 0.460 e. The van der Waals surface area contributed by atoms with Gasteiger partial charge in [0.25, 0.3) is 0 Å². The number of hydrogen-bond donors (Lipinski definition) is 0. The van der Waals surface area contributed by atoms with Crippen molar-refractivity contribution in [1.82, 2.24) is 9.29 Å². The Morgan fingerprint density at radius 1 is 0.968 bits per heavy atom. The molecule has 7 heteroatoms. The zero-order valence-corrected chi connectivity index (χ0v) is 18.2. The monoisotopic (exact) mass is 436 g/mol. The Bertz CT molecular complexity index is 1240. The number of aryl methyl sites for hydroxylation is 1. The molecule has 160 valence electrons. The molecule has 0 amide bonds. The van der Waals surface area contributed by atoms with Crippen molar-refractivity contribution in [3.05, 3.63) is 65.7 Å². The standard InChI is InChI=1S/C24H24N2O4S/c1-31(28,29)26-12-8-16(9-13-26)23-15-21(24(30-23)17-6-10-25-11-7-17)19-2-4-20-18(14-19)3-5-22(20)27/h2,4,6-7,10-11,14-16H,3,5,8-9,12-13H2,1H3. The number of carbonyl (C=O) groups is 1. The molecule has 1 aliphatic heterocycles. The smallest absolute Gasteiger partial charge is 0.211 e. The van der Waals surface area contributed by atoms with Crippen LogP contribution in [0.25, 0.3) is 22.5 Å². The first-order valence-electron chi connectivity index (χ1n) is 10.6. The molecule has 2 aliphatic rings. The van der Waals surface area contributed by atoms with Crippen LogP contribution in [0.1, 0.15) is 46.9 Å². The molecule has 0 radical (unpaired) electrons. The molecule has 1 fully saturated rings. The normalized spacial score (nSPS) is 17.8. The number of nitrogens with zero attached hydrogens (tertiary/aromatic N) is 2. The van der Waals surface area contributed by atoms with Crippen molar-refractivity contribution in [2.24, 2.45) is 0 Å². The molecule has 3 heterocycles. The number of sulfonamides is 1. The van der Waals surface area contributed by atoms with E-state index in [-0.39, 0.29) is 11.7 Å². The second-order valence-electron chi connectivity index (χ2n) is 8.36. The number of pyridine rings is 1. The lowest BCUT2D eigenvalue weighted by molar-refractivity contribution is 0.0994. The van der Waals surface area contributed by atoms with Gasteiger partial charge in [0, 0.05) is 54.5 Å². The maximum absolute atomic E-state index is 12.0. The summed E-state index contributed by atoms with van der Waals surface area (Å²) in [5.41, 5.74) is 4.89. The molecule has 1 saturated heterocycles. The van der Waals surface area contributed by atoms with Crippen LogP contribution in [0.2, 0.25) is 0 Å². The Morgan fingerprint density at radius 2 is 1.71 bits per heavy atom. The van der Waals surface area contributed by atoms with E-state index in [0.29, 0.717) is 19.5 Å². The molecule has 1 aromatic carbocycles. The Balaban J connectivity index is 1.52. The Morgan fingerprint density at radius 3 is 2.42 bits per heavy atom. The third kappa shape index (κ3) is 3.83. The van der Waals surface area contributed by atoms with Gasteiger partial charge < -0.3 is 4.42 Å². The fourth-order valence-electron chi connectivity index (χ4n) is 4.64. The van der Waals surface area contributed by atoms with Crippen molar-refractivity contribution in [3.63, 3.8) is 0 Å². The lowest BCUT2D eigenvalue weighted by atomic mass is 9.93. The van der Waals surface area contributed by atoms with Gasteiger partial charge in [0.05, 0.1) is 6.26 Å². The maximum Gasteiger partial charge on any atom is 0.211 e. The number of furan rings is 1. The molecule has 3 aromatic rings. The zero-order valence-electron chi connectivity index (χ0n) is 17.4. The van der Waals surface area contributed by atoms with Crippen molar-refractivity contribution in [3.8, 4) is 22.5 Å². The maximum atomic E-state index is 12.0. The molecular weight excluding hydrogens is 412 g/mol. The minimum atomic E-state index is -3.16. The van der Waals surface area contributed by atoms with Gasteiger partial charge in [-0.3, -0.25) is 9.78 Å². The average molecular weight is 437 g/mol. The summed E-state index contributed by atoms with van der Waals surface area (Å²) in [6, 6.07) is 12.0. The summed E-state index contributed by atoms with van der Waals surface area (Å²) in [6.07, 6.45) is 7.56. The van der Waals surface area contributed by atoms with E-state index in [1.807, 2.05) is 24.3 Å². The van der Waals surface area contributed by atoms with Gasteiger partial charge in [0.1, 0.15) is 11.5 Å². The Kier molecular flexibility index (Phi) is 5.02. The van der Waals surface area contributed by atoms with Crippen molar-refractivity contribution in [2.45, 2.75) is 31.6 Å². The van der Waals surface area contributed by atoms with Gasteiger partial charge in [0.2, 0.25) is 10.0 Å². The molecule has 31 heavy (non-hydrogen) atoms. The molecule has 0 bridgehead atoms. The van der Waals surface area contributed by atoms with Gasteiger partial charge in [-0.15, -0.1) is 0 Å². The summed E-state index contributed by atoms with van der Waals surface area (Å²) < 4.78 is 31.6. The van der Waals surface area contributed by atoms with Crippen LogP contribution >= 0.6 is 0 Å². The van der Waals surface area contributed by atoms with Crippen molar-refractivity contribution >= 4 is 15.8 Å². The number of benzene rings is 1. The first-order chi connectivity index (χ1) is 14.9. The number of rotatable bonds is 4. The first kappa shape index (κ1) is 20.2. The Hall–Kier alpha value is -2.77. The number of hydrogen-bond acceptors (Lipinski definition) is 5. The van der Waals surface area contributed by atoms with Gasteiger partial charge in [-0.25, -0.2) is 12.7 Å². The molecule has 5 rings (SSSR count). The van der Waals surface area contributed by atoms with E-state index in [4.69, 9.17) is 4.42 Å². The highest BCUT2D eigenvalue weighted by molar-refractivity contribution is 7.88. The van der Waals surface area contributed by atoms with E-state index in [9.17, 15) is 13.2 Å². The third-order valence-corrected chi connectivity index (χ3v) is 7.66. The van der Waals surface area contributed by atoms with Crippen LogP contribution in [0.5, 0.6) is 0 Å². The second-order valence-corrected chi connectivity index (χ2v) is 10.3. The summed E-state index contributed by atoms with van der Waals surface area (Å²) in [5.74, 6) is 2.04. The van der Waals surface area contributed by atoms with Crippen LogP contribution in [0.4, 0.5) is 0 Å². The Labute approximate surface area is 182 Å². The van der Waals surface area contributed by atoms with E-state index in [2.05, 4.69) is 17.1 Å². The average Bonchev–Trinajstić information content (AvgIpc) is 3.38. The van der Waals surface area contributed by atoms with Crippen LogP contribution in [-0.2, 0) is 16.4 Å². The van der Waals surface area contributed by atoms with Crippen LogP contribution in [0.3, 0.4) is 0 Å². The van der Waals surface area contributed by atoms with Gasteiger partial charge >= 0.3 is 0 Å². The molecule has 0 N–H and O–H groups in total. The molecular formula is C24H24N2O4S. The summed E-state index contributed by atoms with van der Waals surface area (Å²) in [5, 5.41) is 0. The molecule has 0 unspecified atom stereocenters. The third-order valence-electron chi connectivity index (χ3n) is 6.36. The summed E-state index contributed by atoms with van der Waals surface area (Å²) in [7, 11) is -3.16. The van der Waals surface area contributed by atoms with Gasteiger partial charge in [-0.05, 0) is 48.6 Å². The summed E-state index contributed by atoms with van der Waals surface area (Å²) in [6.45, 7) is 1.01. The predicted molar refractivity (Wildman–Crippen MR) is 118 cm³/mol. The summed E-state index contributed by atoms with van der Waals surface area (Å²) >= 11 is 0. The lowest BCUT2D eigenvalue weighted by Gasteiger charge is -2.29. The van der Waals surface area contributed by atoms with Crippen LogP contribution < -0.4 is 0 Å². The number of Topliss-reactive ketones (excluding diaryl/α,β-unsaturated/α-hetero) is 1. The van der Waals surface area contributed by atoms with Gasteiger partial charge in [-0.2, -0.15) is 0 Å². The highest BCUT2D eigenvalue weighted by atomic mass is 32.2. The molecule has 6 nitrogen and oxygen atoms in total. The highest BCUT2D eigenvalue weighted by Gasteiger charge is 2.29. The molecule has 2 aromatic heterocycles. The highest BCUT2D eigenvalue weighted by Crippen LogP contribution is 2.41. The number of ketones is 1. The van der Waals surface area contributed by atoms with E-state index in [1.54, 1.807) is 12.4 Å². The lowest BCUT2D eigenvalue weighted by Crippen LogP contribution is -2.37. The predicted octanol–water partition coefficient (Wildman–Crippen LogP) is 4.28. The minimum absolute atomic E-state index is 0.170. The van der Waals surface area contributed by atoms with Crippen molar-refractivity contribution < 1.29 is 17.6 Å². The number of carbonyl (C=O) groups excluding carboxylic acids is 1. The first-order valence-corrected chi connectivity index (χ1v) is 12.4. The van der Waals surface area contributed by atoms with Crippen molar-refractivity contribution in [1.29, 1.82) is 0 Å². The SMILES string of the molecule is CS(=O)(=O)N1CCC(c2cc(-c3ccc4c(c3)CCC4=O)c(-c3ccncc3)o2)CC1. The number of piperidine rings is 1. The molecule has 0 spiro atoms. The zero-order chi connectivity index (χ0) is 21.6. The molecule has 0 atom stereocenters. The quantitative estimate of drug-likeness (QED) is 0.610. The van der Waals surface area contributed by atoms with Crippen LogP contribution in [0, 0.1) is 0 Å². The molecule has 0 saturated carbocycles. The fraction of sp³-hybridized carbons (Fsp3) is 0.333. The number of fused-ring (bicyclic) bond motifs is 1. The molecule has 1 aliphatic carbocycles. The van der Waals surface area contributed by atoms with Gasteiger partial charge in [0.15, 0.2) is 5.78 Å². The van der Waals surface area contributed by atoms with E-state index in [1.165, 1.54) is 10.6 Å². The van der Waals surface area contributed by atoms with E-state index in [0.717, 1.165) is 58.6 Å². The minimum Gasteiger partial charge on any atom is -0.460 e. The van der Waals surface area contributed by atoms with Crippen LogP contribution in [0.15, 0.2) is 53.2 Å². The fourth-order valence-corrected chi connectivity index (χ4v) is 5.51. The van der Waals surface area contributed by atoms with Crippen molar-refractivity contribution in [2.75, 3.05) is 19.3 Å². The van der Waals surface area contributed by atoms with E-state index < -0.39 is 10.0 Å². The van der Waals surface area contributed by atoms with E-state index >= 15 is 0 Å². The van der Waals surface area contributed by atoms with Gasteiger partial charge in [-0.1, -0.05) is 18.2 Å². The van der Waals surface area contributed by atoms with Crippen LogP contribution in [-0.4, -0.2) is 42.8 Å². The topological polar surface area (TPSA) is 80.5 Å². The summed E-state index contributed by atoms with van der Waals surface area (Å²) in [4.78, 5) is 16.2. The second kappa shape index (κ2) is 7.73. The number of aromatic nitrogens is 1.